The zero-order chi connectivity index (χ0) is 27.1. The number of aromatic hydroxyl groups is 1. The summed E-state index contributed by atoms with van der Waals surface area (Å²) in [5, 5.41) is 26.1. The predicted molar refractivity (Wildman–Crippen MR) is 143 cm³/mol. The van der Waals surface area contributed by atoms with Crippen LogP contribution >= 0.6 is 0 Å². The molecule has 0 spiro atoms. The van der Waals surface area contributed by atoms with Gasteiger partial charge in [0.05, 0.1) is 16.8 Å². The molecule has 3 heterocycles. The van der Waals surface area contributed by atoms with Crippen molar-refractivity contribution in [2.24, 2.45) is 0 Å². The minimum Gasteiger partial charge on any atom is -0.505 e. The van der Waals surface area contributed by atoms with Crippen LogP contribution in [0.2, 0.25) is 0 Å². The predicted octanol–water partition coefficient (Wildman–Crippen LogP) is 3.25. The highest BCUT2D eigenvalue weighted by atomic mass is 19.1. The lowest BCUT2D eigenvalue weighted by molar-refractivity contribution is 0.432. The molecule has 0 fully saturated rings. The molecule has 0 saturated heterocycles. The van der Waals surface area contributed by atoms with E-state index in [1.54, 1.807) is 14.0 Å². The van der Waals surface area contributed by atoms with E-state index >= 15 is 0 Å². The summed E-state index contributed by atoms with van der Waals surface area (Å²) in [6.07, 6.45) is 1.29. The number of hydrogen-bond acceptors (Lipinski definition) is 9. The van der Waals surface area contributed by atoms with E-state index in [2.05, 4.69) is 20.4 Å². The quantitative estimate of drug-likeness (QED) is 0.252. The van der Waals surface area contributed by atoms with Gasteiger partial charge in [-0.3, -0.25) is 9.36 Å². The van der Waals surface area contributed by atoms with Gasteiger partial charge in [0.1, 0.15) is 41.6 Å². The summed E-state index contributed by atoms with van der Waals surface area (Å²) >= 11 is 0. The lowest BCUT2D eigenvalue weighted by Crippen LogP contribution is -2.30. The third kappa shape index (κ3) is 4.01. The second kappa shape index (κ2) is 9.39. The number of para-hydroxylation sites is 1. The van der Waals surface area contributed by atoms with Crippen LogP contribution in [0.25, 0.3) is 28.0 Å². The Labute approximate surface area is 216 Å². The molecule has 0 atom stereocenters. The zero-order valence-corrected chi connectivity index (χ0v) is 20.8. The van der Waals surface area contributed by atoms with Crippen molar-refractivity contribution in [1.29, 1.82) is 5.41 Å². The van der Waals surface area contributed by atoms with Crippen LogP contribution < -0.4 is 16.6 Å². The summed E-state index contributed by atoms with van der Waals surface area (Å²) in [6, 6.07) is 11.2. The molecule has 0 saturated carbocycles. The van der Waals surface area contributed by atoms with E-state index in [1.165, 1.54) is 27.7 Å². The van der Waals surface area contributed by atoms with Crippen LogP contribution in [0.15, 0.2) is 53.6 Å². The molecule has 38 heavy (non-hydrogen) atoms. The number of nitrogens with two attached hydrogens (primary N) is 1. The summed E-state index contributed by atoms with van der Waals surface area (Å²) in [6.45, 7) is 3.42. The number of halogens is 1. The maximum absolute atomic E-state index is 13.8. The Hall–Kier alpha value is -5.13. The third-order valence-electron chi connectivity index (χ3n) is 6.18. The molecule has 0 bridgehead atoms. The fourth-order valence-electron chi connectivity index (χ4n) is 4.37. The first-order chi connectivity index (χ1) is 18.2. The number of phenolic OH excluding ortho intramolecular Hbond substituents is 1. The normalized spacial score (nSPS) is 11.2. The number of aryl methyl sites for hydroxylation is 1. The highest BCUT2D eigenvalue weighted by Crippen LogP contribution is 2.33. The minimum absolute atomic E-state index is 0.0199. The molecule has 5 N–H and O–H groups in total. The number of fused-ring (bicyclic) bond motifs is 1. The molecule has 11 nitrogen and oxygen atoms in total. The molecule has 192 valence electrons. The van der Waals surface area contributed by atoms with Crippen molar-refractivity contribution in [1.82, 2.24) is 29.3 Å². The molecule has 3 aromatic heterocycles. The molecule has 0 amide bonds. The Balaban J connectivity index is 1.78. The molecule has 5 aromatic rings. The zero-order valence-electron chi connectivity index (χ0n) is 20.8. The Morgan fingerprint density at radius 2 is 1.97 bits per heavy atom. The van der Waals surface area contributed by atoms with Gasteiger partial charge in [-0.2, -0.15) is 5.10 Å². The summed E-state index contributed by atoms with van der Waals surface area (Å²) in [4.78, 5) is 26.9. The second-order valence-electron chi connectivity index (χ2n) is 8.68. The lowest BCUT2D eigenvalue weighted by Gasteiger charge is -2.18. The van der Waals surface area contributed by atoms with Crippen LogP contribution in [0.3, 0.4) is 0 Å². The molecule has 12 heteroatoms. The first kappa shape index (κ1) is 24.6. The Morgan fingerprint density at radius 1 is 1.21 bits per heavy atom. The number of nitrogens with one attached hydrogen (secondary N) is 2. The summed E-state index contributed by atoms with van der Waals surface area (Å²) in [7, 11) is 1.61. The number of anilines is 2. The van der Waals surface area contributed by atoms with Gasteiger partial charge in [-0.05, 0) is 43.7 Å². The van der Waals surface area contributed by atoms with Gasteiger partial charge in [-0.25, -0.2) is 24.0 Å². The SMILES string of the molecule is CNc1c(C(C)=N)nc(Cn2nc(-c3ccc(F)c(O)c3)c3c(N)ncnc32)n(-c2ccccc2C)c1=O. The van der Waals surface area contributed by atoms with Crippen molar-refractivity contribution in [3.63, 3.8) is 0 Å². The van der Waals surface area contributed by atoms with Crippen molar-refractivity contribution in [3.8, 4) is 22.7 Å². The van der Waals surface area contributed by atoms with Crippen LogP contribution in [-0.4, -0.2) is 47.2 Å². The molecule has 0 aliphatic carbocycles. The van der Waals surface area contributed by atoms with Gasteiger partial charge in [-0.1, -0.05) is 18.2 Å². The van der Waals surface area contributed by atoms with Gasteiger partial charge in [0.25, 0.3) is 5.56 Å². The smallest absolute Gasteiger partial charge is 0.282 e. The van der Waals surface area contributed by atoms with Crippen molar-refractivity contribution in [2.75, 3.05) is 18.1 Å². The van der Waals surface area contributed by atoms with E-state index in [4.69, 9.17) is 16.1 Å². The van der Waals surface area contributed by atoms with Gasteiger partial charge in [0.15, 0.2) is 17.2 Å². The van der Waals surface area contributed by atoms with Gasteiger partial charge in [-0.15, -0.1) is 0 Å². The number of phenols is 1. The fraction of sp³-hybridized carbons (Fsp3) is 0.154. The van der Waals surface area contributed by atoms with Crippen LogP contribution in [0, 0.1) is 18.2 Å². The third-order valence-corrected chi connectivity index (χ3v) is 6.18. The fourth-order valence-corrected chi connectivity index (χ4v) is 4.37. The number of hydrogen-bond donors (Lipinski definition) is 4. The number of aromatic nitrogens is 6. The average Bonchev–Trinajstić information content (AvgIpc) is 3.26. The summed E-state index contributed by atoms with van der Waals surface area (Å²) in [5.41, 5.74) is 8.90. The number of nitrogen functional groups attached to an aromatic ring is 1. The van der Waals surface area contributed by atoms with Crippen molar-refractivity contribution < 1.29 is 9.50 Å². The summed E-state index contributed by atoms with van der Waals surface area (Å²) in [5.74, 6) is -0.859. The molecular formula is C26H24FN9O2. The van der Waals surface area contributed by atoms with Gasteiger partial charge >= 0.3 is 0 Å². The van der Waals surface area contributed by atoms with Crippen LogP contribution in [0.1, 0.15) is 24.0 Å². The van der Waals surface area contributed by atoms with E-state index < -0.39 is 11.6 Å². The standard InChI is InChI=1S/C26H24FN9O2/c1-13-6-4-5-7-17(13)36-19(33-21(14(2)28)23(30-3)26(36)38)11-35-25-20(24(29)31-12-32-25)22(34-35)15-8-9-16(27)18(37)10-15/h4-10,12,28,30,37H,11H2,1-3H3,(H2,29,31,32). The second-order valence-corrected chi connectivity index (χ2v) is 8.68. The number of rotatable bonds is 6. The van der Waals surface area contributed by atoms with E-state index in [-0.39, 0.29) is 35.0 Å². The van der Waals surface area contributed by atoms with E-state index in [9.17, 15) is 14.3 Å². The molecule has 0 aliphatic rings. The first-order valence-electron chi connectivity index (χ1n) is 11.6. The molecule has 5 rings (SSSR count). The topological polar surface area (TPSA) is 161 Å². The molecule has 0 aliphatic heterocycles. The molecule has 0 radical (unpaired) electrons. The van der Waals surface area contributed by atoms with Crippen molar-refractivity contribution in [3.05, 3.63) is 82.0 Å². The van der Waals surface area contributed by atoms with Crippen LogP contribution in [0.5, 0.6) is 5.75 Å². The Morgan fingerprint density at radius 3 is 2.66 bits per heavy atom. The van der Waals surface area contributed by atoms with E-state index in [0.717, 1.165) is 11.6 Å². The maximum atomic E-state index is 13.8. The first-order valence-corrected chi connectivity index (χ1v) is 11.6. The molecule has 2 aromatic carbocycles. The Kier molecular flexibility index (Phi) is 6.07. The van der Waals surface area contributed by atoms with Gasteiger partial charge < -0.3 is 21.6 Å². The average molecular weight is 514 g/mol. The Bertz CT molecular complexity index is 1790. The highest BCUT2D eigenvalue weighted by Gasteiger charge is 2.23. The van der Waals surface area contributed by atoms with E-state index in [1.807, 2.05) is 31.2 Å². The highest BCUT2D eigenvalue weighted by molar-refractivity contribution is 5.99. The lowest BCUT2D eigenvalue weighted by atomic mass is 10.1. The monoisotopic (exact) mass is 513 g/mol. The molecular weight excluding hydrogens is 489 g/mol. The number of benzene rings is 2. The van der Waals surface area contributed by atoms with Crippen molar-refractivity contribution in [2.45, 2.75) is 20.4 Å². The number of nitrogens with zero attached hydrogens (tertiary/aromatic N) is 6. The largest absolute Gasteiger partial charge is 0.505 e. The maximum Gasteiger partial charge on any atom is 0.282 e. The van der Waals surface area contributed by atoms with Gasteiger partial charge in [0.2, 0.25) is 0 Å². The minimum atomic E-state index is -0.771. The molecule has 0 unspecified atom stereocenters. The van der Waals surface area contributed by atoms with Crippen molar-refractivity contribution >= 4 is 28.3 Å². The van der Waals surface area contributed by atoms with Crippen LogP contribution in [0.4, 0.5) is 15.9 Å². The van der Waals surface area contributed by atoms with Crippen LogP contribution in [-0.2, 0) is 6.54 Å². The van der Waals surface area contributed by atoms with Gasteiger partial charge in [0, 0.05) is 12.6 Å². The van der Waals surface area contributed by atoms with E-state index in [0.29, 0.717) is 33.8 Å². The summed E-state index contributed by atoms with van der Waals surface area (Å²) < 4.78 is 16.8.